The summed E-state index contributed by atoms with van der Waals surface area (Å²) < 4.78 is 31.6. The summed E-state index contributed by atoms with van der Waals surface area (Å²) in [7, 11) is -4.67. The fraction of sp³-hybridized carbons (Fsp3) is 0.333. The molecule has 0 atom stereocenters. The SMILES string of the molecule is O=S(=O)(O)O.[Li][CH2]C=C. The summed E-state index contributed by atoms with van der Waals surface area (Å²) in [5.74, 6) is 0. The van der Waals surface area contributed by atoms with Crippen LogP contribution in [-0.2, 0) is 10.4 Å². The fourth-order valence-corrected chi connectivity index (χ4v) is 0. The van der Waals surface area contributed by atoms with Crippen LogP contribution in [0, 0.1) is 0 Å². The Morgan fingerprint density at radius 3 is 1.67 bits per heavy atom. The van der Waals surface area contributed by atoms with Gasteiger partial charge < -0.3 is 0 Å². The normalized spacial score (nSPS) is 9.33. The molecule has 6 heteroatoms. The second kappa shape index (κ2) is 6.33. The molecule has 0 bridgehead atoms. The van der Waals surface area contributed by atoms with Gasteiger partial charge in [0.15, 0.2) is 0 Å². The third kappa shape index (κ3) is 217. The Bertz CT molecular complexity index is 141. The van der Waals surface area contributed by atoms with Gasteiger partial charge >= 0.3 is 45.9 Å². The topological polar surface area (TPSA) is 74.6 Å². The van der Waals surface area contributed by atoms with Gasteiger partial charge in [-0.05, 0) is 0 Å². The summed E-state index contributed by atoms with van der Waals surface area (Å²) in [4.78, 5) is 0. The summed E-state index contributed by atoms with van der Waals surface area (Å²) in [5, 5.41) is 1.08. The number of hydrogen-bond acceptors (Lipinski definition) is 2. The molecule has 2 N–H and O–H groups in total. The van der Waals surface area contributed by atoms with E-state index in [-0.39, 0.29) is 0 Å². The summed E-state index contributed by atoms with van der Waals surface area (Å²) >= 11 is 2.06. The molecule has 0 rings (SSSR count). The first-order chi connectivity index (χ1) is 3.91. The average molecular weight is 146 g/mol. The van der Waals surface area contributed by atoms with Gasteiger partial charge in [-0.1, -0.05) is 0 Å². The molecule has 0 aliphatic rings. The monoisotopic (exact) mass is 146 g/mol. The van der Waals surface area contributed by atoms with Gasteiger partial charge in [-0.15, -0.1) is 0 Å². The van der Waals surface area contributed by atoms with Crippen LogP contribution in [0.15, 0.2) is 12.7 Å². The third-order valence-electron chi connectivity index (χ3n) is 0.289. The molecule has 0 unspecified atom stereocenters. The van der Waals surface area contributed by atoms with Gasteiger partial charge in [-0.2, -0.15) is 8.42 Å². The Hall–Kier alpha value is 0.207. The van der Waals surface area contributed by atoms with Crippen LogP contribution in [0.2, 0.25) is 5.09 Å². The Morgan fingerprint density at radius 1 is 1.56 bits per heavy atom. The summed E-state index contributed by atoms with van der Waals surface area (Å²) in [6, 6.07) is 0. The van der Waals surface area contributed by atoms with E-state index in [1.807, 2.05) is 6.08 Å². The van der Waals surface area contributed by atoms with Crippen LogP contribution in [0.25, 0.3) is 0 Å². The molecule has 0 aliphatic heterocycles. The van der Waals surface area contributed by atoms with Crippen LogP contribution in [0.4, 0.5) is 0 Å². The van der Waals surface area contributed by atoms with Gasteiger partial charge in [-0.25, -0.2) is 0 Å². The summed E-state index contributed by atoms with van der Waals surface area (Å²) in [6.07, 6.45) is 1.88. The van der Waals surface area contributed by atoms with Crippen molar-refractivity contribution in [1.82, 2.24) is 0 Å². The average Bonchev–Trinajstić information content (AvgIpc) is 1.61. The predicted molar refractivity (Wildman–Crippen MR) is 34.9 cm³/mol. The first kappa shape index (κ1) is 11.9. The zero-order valence-corrected chi connectivity index (χ0v) is 5.93. The van der Waals surface area contributed by atoms with E-state index in [9.17, 15) is 0 Å². The van der Waals surface area contributed by atoms with Crippen LogP contribution < -0.4 is 0 Å². The molecule has 0 heterocycles. The Morgan fingerprint density at radius 2 is 1.67 bits per heavy atom. The van der Waals surface area contributed by atoms with Gasteiger partial charge in [0.25, 0.3) is 0 Å². The number of hydrogen-bond donors (Lipinski definition) is 2. The first-order valence-corrected chi connectivity index (χ1v) is 3.62. The minimum atomic E-state index is -4.67. The molecule has 0 saturated carbocycles. The van der Waals surface area contributed by atoms with E-state index in [1.165, 1.54) is 0 Å². The molecule has 0 spiro atoms. The van der Waals surface area contributed by atoms with E-state index in [2.05, 4.69) is 24.3 Å². The molecular formula is C3H7LiO4S. The van der Waals surface area contributed by atoms with Gasteiger partial charge in [0.05, 0.1) is 0 Å². The van der Waals surface area contributed by atoms with Crippen LogP contribution in [0.1, 0.15) is 0 Å². The van der Waals surface area contributed by atoms with Crippen molar-refractivity contribution in [3.05, 3.63) is 12.7 Å². The van der Waals surface area contributed by atoms with Crippen molar-refractivity contribution in [3.8, 4) is 0 Å². The van der Waals surface area contributed by atoms with Crippen molar-refractivity contribution in [2.45, 2.75) is 5.09 Å². The molecule has 0 saturated heterocycles. The van der Waals surface area contributed by atoms with E-state index in [0.717, 1.165) is 5.09 Å². The molecule has 0 amide bonds. The molecule has 9 heavy (non-hydrogen) atoms. The van der Waals surface area contributed by atoms with Gasteiger partial charge in [0, 0.05) is 0 Å². The fourth-order valence-electron chi connectivity index (χ4n) is 0. The van der Waals surface area contributed by atoms with Crippen LogP contribution in [0.5, 0.6) is 0 Å². The second-order valence-corrected chi connectivity index (χ2v) is 2.04. The van der Waals surface area contributed by atoms with Crippen LogP contribution in [-0.4, -0.2) is 35.2 Å². The van der Waals surface area contributed by atoms with Gasteiger partial charge in [0.1, 0.15) is 0 Å². The number of allylic oxidation sites excluding steroid dienone is 1. The molecule has 0 fully saturated rings. The maximum absolute atomic E-state index is 8.74. The van der Waals surface area contributed by atoms with Crippen molar-refractivity contribution in [3.63, 3.8) is 0 Å². The maximum atomic E-state index is 8.74. The molecule has 0 aromatic rings. The molecule has 4 nitrogen and oxygen atoms in total. The van der Waals surface area contributed by atoms with E-state index >= 15 is 0 Å². The second-order valence-electron chi connectivity index (χ2n) is 1.14. The third-order valence-corrected chi connectivity index (χ3v) is 0.289. The first-order valence-electron chi connectivity index (χ1n) is 2.22. The zero-order chi connectivity index (χ0) is 7.91. The molecule has 0 aliphatic carbocycles. The predicted octanol–water partition coefficient (Wildman–Crippen LogP) is 0.106. The number of rotatable bonds is 1. The minimum absolute atomic E-state index is 1.08. The Kier molecular flexibility index (Phi) is 8.40. The summed E-state index contributed by atoms with van der Waals surface area (Å²) in [5.41, 5.74) is 0. The Labute approximate surface area is 63.7 Å². The van der Waals surface area contributed by atoms with Crippen molar-refractivity contribution >= 4 is 28.1 Å². The van der Waals surface area contributed by atoms with Crippen LogP contribution in [0.3, 0.4) is 0 Å². The van der Waals surface area contributed by atoms with Crippen molar-refractivity contribution in [2.24, 2.45) is 0 Å². The standard InChI is InChI=1S/C3H5.Li.H2O4S/c1-3-2;;1-5(2,3)4/h3H,1-2H2;;(H2,1,2,3,4). The summed E-state index contributed by atoms with van der Waals surface area (Å²) in [6.45, 7) is 3.48. The van der Waals surface area contributed by atoms with Gasteiger partial charge in [0.2, 0.25) is 0 Å². The molecule has 0 aromatic heterocycles. The van der Waals surface area contributed by atoms with Crippen molar-refractivity contribution < 1.29 is 17.5 Å². The molecule has 0 radical (unpaired) electrons. The van der Waals surface area contributed by atoms with Crippen molar-refractivity contribution in [1.29, 1.82) is 0 Å². The quantitative estimate of drug-likeness (QED) is 0.312. The van der Waals surface area contributed by atoms with Gasteiger partial charge in [-0.3, -0.25) is 9.11 Å². The molecular weight excluding hydrogens is 139 g/mol. The van der Waals surface area contributed by atoms with E-state index < -0.39 is 10.4 Å². The zero-order valence-electron chi connectivity index (χ0n) is 5.11. The van der Waals surface area contributed by atoms with E-state index in [4.69, 9.17) is 17.5 Å². The Balaban J connectivity index is 0. The molecule has 50 valence electrons. The van der Waals surface area contributed by atoms with E-state index in [0.29, 0.717) is 0 Å². The molecule has 0 aromatic carbocycles. The van der Waals surface area contributed by atoms with Crippen LogP contribution >= 0.6 is 0 Å². The van der Waals surface area contributed by atoms with Crippen molar-refractivity contribution in [2.75, 3.05) is 0 Å². The van der Waals surface area contributed by atoms with E-state index in [1.54, 1.807) is 0 Å².